The highest BCUT2D eigenvalue weighted by Crippen LogP contribution is 2.37. The normalized spacial score (nSPS) is 15.1. The van der Waals surface area contributed by atoms with Crippen LogP contribution in [0.25, 0.3) is 11.1 Å². The number of terminal acetylenes is 1. The zero-order valence-electron chi connectivity index (χ0n) is 12.0. The molecule has 2 unspecified atom stereocenters. The summed E-state index contributed by atoms with van der Waals surface area (Å²) in [4.78, 5) is 0. The van der Waals surface area contributed by atoms with Gasteiger partial charge in [-0.2, -0.15) is 0 Å². The first-order valence-corrected chi connectivity index (χ1v) is 7.12. The lowest BCUT2D eigenvalue weighted by Crippen LogP contribution is -2.27. The van der Waals surface area contributed by atoms with Crippen LogP contribution in [0.2, 0.25) is 0 Å². The lowest BCUT2D eigenvalue weighted by atomic mass is 10.00. The molecule has 0 fully saturated rings. The average Bonchev–Trinajstić information content (AvgIpc) is 2.84. The maximum absolute atomic E-state index is 5.43. The Hall–Kier alpha value is -2.04. The highest BCUT2D eigenvalue weighted by atomic mass is 14.9. The summed E-state index contributed by atoms with van der Waals surface area (Å²) in [6, 6.07) is 15.8. The van der Waals surface area contributed by atoms with Gasteiger partial charge in [-0.15, -0.1) is 6.42 Å². The Kier molecular flexibility index (Phi) is 3.34. The minimum Gasteiger partial charge on any atom is -0.297 e. The number of benzene rings is 2. The van der Waals surface area contributed by atoms with Crippen molar-refractivity contribution in [3.8, 4) is 23.5 Å². The Morgan fingerprint density at radius 3 is 2.60 bits per heavy atom. The predicted molar refractivity (Wildman–Crippen MR) is 84.5 cm³/mol. The summed E-state index contributed by atoms with van der Waals surface area (Å²) in [7, 11) is 0. The van der Waals surface area contributed by atoms with E-state index in [0.717, 1.165) is 6.42 Å². The lowest BCUT2D eigenvalue weighted by Gasteiger charge is -2.17. The Bertz CT molecular complexity index is 678. The molecule has 0 aromatic heterocycles. The Morgan fingerprint density at radius 2 is 1.80 bits per heavy atom. The van der Waals surface area contributed by atoms with E-state index in [4.69, 9.17) is 6.42 Å². The van der Waals surface area contributed by atoms with E-state index in [1.54, 1.807) is 0 Å². The van der Waals surface area contributed by atoms with E-state index in [0.29, 0.717) is 0 Å². The molecule has 0 radical (unpaired) electrons. The van der Waals surface area contributed by atoms with Gasteiger partial charge < -0.3 is 0 Å². The fourth-order valence-electron chi connectivity index (χ4n) is 2.95. The third kappa shape index (κ3) is 2.24. The third-order valence-electron chi connectivity index (χ3n) is 4.07. The molecule has 0 bridgehead atoms. The highest BCUT2D eigenvalue weighted by Gasteiger charge is 2.19. The summed E-state index contributed by atoms with van der Waals surface area (Å²) in [5.74, 6) is 2.72. The molecule has 0 heterocycles. The zero-order chi connectivity index (χ0) is 14.1. The summed E-state index contributed by atoms with van der Waals surface area (Å²) in [6.07, 6.45) is 6.47. The van der Waals surface area contributed by atoms with Gasteiger partial charge in [-0.1, -0.05) is 48.4 Å². The zero-order valence-corrected chi connectivity index (χ0v) is 12.0. The lowest BCUT2D eigenvalue weighted by molar-refractivity contribution is 0.546. The molecule has 3 rings (SSSR count). The minimum atomic E-state index is 0.0930. The van der Waals surface area contributed by atoms with Crippen molar-refractivity contribution in [2.24, 2.45) is 0 Å². The van der Waals surface area contributed by atoms with E-state index in [1.807, 2.05) is 6.92 Å². The van der Waals surface area contributed by atoms with E-state index >= 15 is 0 Å². The molecule has 1 heteroatoms. The van der Waals surface area contributed by atoms with Crippen LogP contribution < -0.4 is 5.32 Å². The van der Waals surface area contributed by atoms with Crippen molar-refractivity contribution in [2.45, 2.75) is 32.4 Å². The van der Waals surface area contributed by atoms with Crippen molar-refractivity contribution < 1.29 is 0 Å². The third-order valence-corrected chi connectivity index (χ3v) is 4.07. The maximum atomic E-state index is 5.43. The molecule has 0 saturated heterocycles. The maximum Gasteiger partial charge on any atom is 0.0662 e. The van der Waals surface area contributed by atoms with Gasteiger partial charge in [0.25, 0.3) is 0 Å². The van der Waals surface area contributed by atoms with Crippen molar-refractivity contribution in [1.82, 2.24) is 5.32 Å². The molecule has 20 heavy (non-hydrogen) atoms. The van der Waals surface area contributed by atoms with Crippen LogP contribution in [0, 0.1) is 12.3 Å². The van der Waals surface area contributed by atoms with E-state index in [-0.39, 0.29) is 12.1 Å². The topological polar surface area (TPSA) is 12.0 Å². The fraction of sp³-hybridized carbons (Fsp3) is 0.263. The molecular formula is C19H19N. The van der Waals surface area contributed by atoms with Gasteiger partial charge in [0.1, 0.15) is 0 Å². The quantitative estimate of drug-likeness (QED) is 0.704. The number of rotatable bonds is 3. The standard InChI is InChI=1S/C19H19N/c1-4-13(2)20-14(3)15-9-10-19-17(11-15)12-16-7-5-6-8-18(16)19/h1,5-11,13-14,20H,12H2,2-3H3. The predicted octanol–water partition coefficient (Wildman–Crippen LogP) is 3.93. The molecule has 0 aliphatic heterocycles. The molecule has 2 aromatic carbocycles. The molecule has 1 nitrogen and oxygen atoms in total. The van der Waals surface area contributed by atoms with E-state index < -0.39 is 0 Å². The summed E-state index contributed by atoms with van der Waals surface area (Å²) in [5, 5.41) is 3.42. The van der Waals surface area contributed by atoms with Crippen molar-refractivity contribution in [2.75, 3.05) is 0 Å². The molecule has 1 aliphatic rings. The van der Waals surface area contributed by atoms with Crippen LogP contribution in [-0.4, -0.2) is 6.04 Å². The molecule has 1 N–H and O–H groups in total. The van der Waals surface area contributed by atoms with Crippen LogP contribution in [0.4, 0.5) is 0 Å². The van der Waals surface area contributed by atoms with Crippen LogP contribution in [0.3, 0.4) is 0 Å². The molecule has 0 amide bonds. The van der Waals surface area contributed by atoms with Crippen molar-refractivity contribution in [1.29, 1.82) is 0 Å². The van der Waals surface area contributed by atoms with Gasteiger partial charge in [-0.05, 0) is 48.1 Å². The first-order valence-electron chi connectivity index (χ1n) is 7.12. The van der Waals surface area contributed by atoms with Crippen molar-refractivity contribution in [3.63, 3.8) is 0 Å². The van der Waals surface area contributed by atoms with Gasteiger partial charge in [0, 0.05) is 6.04 Å². The van der Waals surface area contributed by atoms with Crippen molar-refractivity contribution >= 4 is 0 Å². The molecule has 0 saturated carbocycles. The fourth-order valence-corrected chi connectivity index (χ4v) is 2.95. The largest absolute Gasteiger partial charge is 0.297 e. The number of fused-ring (bicyclic) bond motifs is 3. The number of hydrogen-bond acceptors (Lipinski definition) is 1. The molecule has 100 valence electrons. The summed E-state index contributed by atoms with van der Waals surface area (Å²) in [6.45, 7) is 4.18. The number of hydrogen-bond donors (Lipinski definition) is 1. The van der Waals surface area contributed by atoms with Crippen LogP contribution in [0.5, 0.6) is 0 Å². The summed E-state index contributed by atoms with van der Waals surface area (Å²) >= 11 is 0. The average molecular weight is 261 g/mol. The van der Waals surface area contributed by atoms with Crippen LogP contribution in [-0.2, 0) is 6.42 Å². The second kappa shape index (κ2) is 5.15. The molecule has 1 aliphatic carbocycles. The van der Waals surface area contributed by atoms with Gasteiger partial charge in [0.15, 0.2) is 0 Å². The smallest absolute Gasteiger partial charge is 0.0662 e. The Balaban J connectivity index is 1.89. The highest BCUT2D eigenvalue weighted by molar-refractivity contribution is 5.76. The van der Waals surface area contributed by atoms with E-state index in [1.165, 1.54) is 27.8 Å². The van der Waals surface area contributed by atoms with E-state index in [9.17, 15) is 0 Å². The van der Waals surface area contributed by atoms with Crippen LogP contribution in [0.1, 0.15) is 36.6 Å². The van der Waals surface area contributed by atoms with Gasteiger partial charge in [0.05, 0.1) is 6.04 Å². The molecule has 2 aromatic rings. The van der Waals surface area contributed by atoms with Gasteiger partial charge in [-0.25, -0.2) is 0 Å². The van der Waals surface area contributed by atoms with Crippen LogP contribution in [0.15, 0.2) is 42.5 Å². The first-order chi connectivity index (χ1) is 9.69. The molecule has 0 spiro atoms. The second-order valence-electron chi connectivity index (χ2n) is 5.53. The molecular weight excluding hydrogens is 242 g/mol. The Labute approximate surface area is 121 Å². The Morgan fingerprint density at radius 1 is 1.05 bits per heavy atom. The number of nitrogens with one attached hydrogen (secondary N) is 1. The van der Waals surface area contributed by atoms with Gasteiger partial charge in [0.2, 0.25) is 0 Å². The summed E-state index contributed by atoms with van der Waals surface area (Å²) in [5.41, 5.74) is 6.91. The van der Waals surface area contributed by atoms with Crippen LogP contribution >= 0.6 is 0 Å². The second-order valence-corrected chi connectivity index (χ2v) is 5.53. The van der Waals surface area contributed by atoms with Crippen molar-refractivity contribution in [3.05, 3.63) is 59.2 Å². The minimum absolute atomic E-state index is 0.0930. The van der Waals surface area contributed by atoms with Gasteiger partial charge in [-0.3, -0.25) is 5.32 Å². The molecule has 2 atom stereocenters. The monoisotopic (exact) mass is 261 g/mol. The first kappa shape index (κ1) is 13.0. The van der Waals surface area contributed by atoms with E-state index in [2.05, 4.69) is 60.6 Å². The summed E-state index contributed by atoms with van der Waals surface area (Å²) < 4.78 is 0. The van der Waals surface area contributed by atoms with Gasteiger partial charge >= 0.3 is 0 Å². The SMILES string of the molecule is C#CC(C)NC(C)c1ccc2c(c1)Cc1ccccc1-2.